The monoisotopic (exact) mass is 915 g/mol. The quantitative estimate of drug-likeness (QED) is 0.119. The van der Waals surface area contributed by atoms with E-state index in [9.17, 15) is 43.7 Å². The third kappa shape index (κ3) is 7.68. The molecule has 8 rings (SSSR count). The average molecular weight is 916 g/mol. The molecule has 66 heavy (non-hydrogen) atoms. The van der Waals surface area contributed by atoms with Crippen molar-refractivity contribution in [1.82, 2.24) is 5.32 Å². The van der Waals surface area contributed by atoms with Gasteiger partial charge in [-0.3, -0.25) is 19.2 Å². The maximum atomic E-state index is 15.6. The molecule has 1 heterocycles. The topological polar surface area (TPSA) is 221 Å². The second kappa shape index (κ2) is 17.1. The van der Waals surface area contributed by atoms with E-state index in [0.29, 0.717) is 24.5 Å². The van der Waals surface area contributed by atoms with Crippen LogP contribution in [0.3, 0.4) is 0 Å². The minimum absolute atomic E-state index is 0.0798. The minimum atomic E-state index is -2.59. The minimum Gasteiger partial charge on any atom is -0.456 e. The Hall–Kier alpha value is -5.88. The van der Waals surface area contributed by atoms with Crippen LogP contribution in [0.2, 0.25) is 0 Å². The molecular weight excluding hydrogens is 865 g/mol. The van der Waals surface area contributed by atoms with Crippen molar-refractivity contribution in [1.29, 1.82) is 0 Å². The van der Waals surface area contributed by atoms with Gasteiger partial charge in [-0.25, -0.2) is 18.4 Å². The Labute approximate surface area is 378 Å². The highest BCUT2D eigenvalue weighted by Crippen LogP contribution is 2.64. The Morgan fingerprint density at radius 1 is 0.909 bits per heavy atom. The number of hydrogen-bond donors (Lipinski definition) is 4. The lowest BCUT2D eigenvalue weighted by Gasteiger charge is -2.67. The van der Waals surface area contributed by atoms with E-state index in [1.807, 2.05) is 0 Å². The molecule has 15 nitrogen and oxygen atoms in total. The zero-order chi connectivity index (χ0) is 47.7. The van der Waals surface area contributed by atoms with Crippen molar-refractivity contribution in [3.05, 3.63) is 118 Å². The maximum Gasteiger partial charge on any atom is 0.341 e. The number of carbonyl (C=O) groups excluding carboxylic acids is 6. The fraction of sp³-hybridized carbons (Fsp3) is 0.469. The number of amides is 1. The van der Waals surface area contributed by atoms with Crippen LogP contribution in [0, 0.1) is 34.3 Å². The number of benzene rings is 3. The van der Waals surface area contributed by atoms with Gasteiger partial charge in [0.2, 0.25) is 0 Å². The van der Waals surface area contributed by atoms with Crippen LogP contribution in [0.25, 0.3) is 0 Å². The molecule has 4 fully saturated rings. The summed E-state index contributed by atoms with van der Waals surface area (Å²) in [5.74, 6) is -10.6. The Morgan fingerprint density at radius 2 is 1.56 bits per heavy atom. The molecule has 5 aliphatic rings. The summed E-state index contributed by atoms with van der Waals surface area (Å²) >= 11 is 0. The lowest BCUT2D eigenvalue weighted by molar-refractivity contribution is -0.346. The van der Waals surface area contributed by atoms with Crippen LogP contribution in [-0.4, -0.2) is 105 Å². The van der Waals surface area contributed by atoms with Crippen LogP contribution in [-0.2, 0) is 42.9 Å². The second-order valence-corrected chi connectivity index (χ2v) is 18.7. The predicted octanol–water partition coefficient (Wildman–Crippen LogP) is 4.40. The predicted molar refractivity (Wildman–Crippen MR) is 225 cm³/mol. The maximum absolute atomic E-state index is 15.6. The first-order valence-corrected chi connectivity index (χ1v) is 21.8. The Balaban J connectivity index is 1.28. The molecule has 1 saturated heterocycles. The second-order valence-electron chi connectivity index (χ2n) is 18.7. The van der Waals surface area contributed by atoms with Crippen LogP contribution >= 0.6 is 0 Å². The zero-order valence-electron chi connectivity index (χ0n) is 36.8. The third-order valence-corrected chi connectivity index (χ3v) is 14.5. The molecule has 3 aromatic carbocycles. The first kappa shape index (κ1) is 46.6. The number of fused-ring (bicyclic) bond motifs is 5. The van der Waals surface area contributed by atoms with Crippen LogP contribution in [0.5, 0.6) is 0 Å². The van der Waals surface area contributed by atoms with Gasteiger partial charge in [0, 0.05) is 36.8 Å². The van der Waals surface area contributed by atoms with Gasteiger partial charge in [0.1, 0.15) is 35.5 Å². The summed E-state index contributed by atoms with van der Waals surface area (Å²) in [4.78, 5) is 84.6. The highest BCUT2D eigenvalue weighted by Gasteiger charge is 2.78. The summed E-state index contributed by atoms with van der Waals surface area (Å²) in [5.41, 5.74) is -8.80. The molecule has 350 valence electrons. The number of Topliss-reactive ketones (excluding diaryl/α,β-unsaturated/α-hetero) is 1. The molecule has 4 N–H and O–H groups in total. The van der Waals surface area contributed by atoms with Crippen LogP contribution in [0.4, 0.5) is 8.78 Å². The number of nitrogens with one attached hydrogen (secondary N) is 1. The van der Waals surface area contributed by atoms with Crippen LogP contribution in [0.1, 0.15) is 92.6 Å². The molecule has 3 saturated carbocycles. The van der Waals surface area contributed by atoms with E-state index in [2.05, 4.69) is 5.32 Å². The van der Waals surface area contributed by atoms with E-state index >= 15 is 9.18 Å². The van der Waals surface area contributed by atoms with Crippen LogP contribution < -0.4 is 5.32 Å². The van der Waals surface area contributed by atoms with E-state index in [1.54, 1.807) is 48.5 Å². The lowest BCUT2D eigenvalue weighted by Crippen LogP contribution is -2.82. The van der Waals surface area contributed by atoms with E-state index in [1.165, 1.54) is 39.8 Å². The van der Waals surface area contributed by atoms with Crippen molar-refractivity contribution in [2.45, 2.75) is 114 Å². The first-order valence-electron chi connectivity index (χ1n) is 21.8. The smallest absolute Gasteiger partial charge is 0.341 e. The molecule has 3 aromatic rings. The summed E-state index contributed by atoms with van der Waals surface area (Å²) in [6.07, 6.45) is -10.5. The van der Waals surface area contributed by atoms with Crippen molar-refractivity contribution >= 4 is 35.6 Å². The van der Waals surface area contributed by atoms with Gasteiger partial charge >= 0.3 is 23.9 Å². The van der Waals surface area contributed by atoms with Crippen LogP contribution in [0.15, 0.2) is 90.0 Å². The van der Waals surface area contributed by atoms with Crippen molar-refractivity contribution in [3.8, 4) is 0 Å². The Bertz CT molecular complexity index is 2490. The highest BCUT2D eigenvalue weighted by molar-refractivity contribution is 5.96. The summed E-state index contributed by atoms with van der Waals surface area (Å²) in [6, 6.07) is 16.8. The fourth-order valence-electron chi connectivity index (χ4n) is 10.6. The molecule has 1 aliphatic heterocycles. The van der Waals surface area contributed by atoms with E-state index in [0.717, 1.165) is 19.1 Å². The molecule has 0 spiro atoms. The van der Waals surface area contributed by atoms with Gasteiger partial charge in [-0.1, -0.05) is 62.4 Å². The number of esters is 4. The Morgan fingerprint density at radius 3 is 2.15 bits per heavy atom. The molecule has 17 heteroatoms. The zero-order valence-corrected chi connectivity index (χ0v) is 36.8. The molecule has 1 amide bonds. The molecule has 2 bridgehead atoms. The van der Waals surface area contributed by atoms with Crippen molar-refractivity contribution in [2.24, 2.45) is 22.7 Å². The average Bonchev–Trinajstić information content (AvgIpc) is 4.13. The molecule has 0 aromatic heterocycles. The summed E-state index contributed by atoms with van der Waals surface area (Å²) in [5, 5.41) is 40.4. The van der Waals surface area contributed by atoms with Gasteiger partial charge in [-0.05, 0) is 67.7 Å². The number of aliphatic hydroxyl groups excluding tert-OH is 2. The first-order chi connectivity index (χ1) is 31.1. The van der Waals surface area contributed by atoms with Gasteiger partial charge in [-0.15, -0.1) is 0 Å². The third-order valence-electron chi connectivity index (χ3n) is 14.5. The SMILES string of the molecule is CC(=O)O[C@H]1C(=O)[C@@]2(C)C([C@H](OC(=O)c3ccc(F)cc3F)[C@]3(O)C[C@H](OC(=O)[C@H](O)[C@@H](NC(=O)c4ccccc4)c4ccccc4)C(C)=C1C3(C)C)[C@]1(OC(=O)C3CC3)CO[C@@H]1C[C@@H]2O. The molecule has 4 aliphatic carbocycles. The van der Waals surface area contributed by atoms with Crippen molar-refractivity contribution < 1.29 is 76.6 Å². The number of ketones is 1. The van der Waals surface area contributed by atoms with E-state index < -0.39 is 142 Å². The van der Waals surface area contributed by atoms with Gasteiger partial charge in [0.05, 0.1) is 41.6 Å². The summed E-state index contributed by atoms with van der Waals surface area (Å²) in [7, 11) is 0. The van der Waals surface area contributed by atoms with Gasteiger partial charge in [-0.2, -0.15) is 0 Å². The largest absolute Gasteiger partial charge is 0.456 e. The number of ether oxygens (including phenoxy) is 5. The highest BCUT2D eigenvalue weighted by atomic mass is 19.1. The molecular formula is C49H51F2NO14. The number of aliphatic hydroxyl groups is 3. The molecule has 1 unspecified atom stereocenters. The van der Waals surface area contributed by atoms with Gasteiger partial charge < -0.3 is 44.3 Å². The van der Waals surface area contributed by atoms with Crippen molar-refractivity contribution in [3.63, 3.8) is 0 Å². The Kier molecular flexibility index (Phi) is 12.1. The number of rotatable bonds is 11. The van der Waals surface area contributed by atoms with Crippen molar-refractivity contribution in [2.75, 3.05) is 6.61 Å². The fourth-order valence-corrected chi connectivity index (χ4v) is 10.6. The number of hydrogen-bond acceptors (Lipinski definition) is 14. The summed E-state index contributed by atoms with van der Waals surface area (Å²) in [6.45, 7) is 6.33. The van der Waals surface area contributed by atoms with Gasteiger partial charge in [0.15, 0.2) is 23.6 Å². The molecule has 0 radical (unpaired) electrons. The van der Waals surface area contributed by atoms with E-state index in [-0.39, 0.29) is 23.1 Å². The standard InChI is InChI=1S/C49H51F2NO14/c1-24-32(64-45(60)37(55)36(26-12-8-6-9-13-26)52-42(57)27-14-10-7-11-15-27)22-49(61)41(65-44(59)30-19-18-29(50)20-31(30)51)39-47(5,40(56)38(63-25(2)53)35(24)46(49,3)4)33(54)21-34-48(39,23-62-34)66-43(58)28-16-17-28/h6-15,18-20,28,32-34,36-39,41,54-55,61H,16-17,21-23H2,1-5H3,(H,52,57)/t32-,33-,34+,36-,37+,38+,39?,41-,47+,48-,49+/m0/s1. The normalized spacial score (nSPS) is 31.8. The lowest BCUT2D eigenvalue weighted by atomic mass is 9.44. The van der Waals surface area contributed by atoms with E-state index in [4.69, 9.17) is 23.7 Å². The molecule has 11 atom stereocenters. The summed E-state index contributed by atoms with van der Waals surface area (Å²) < 4.78 is 60.0. The number of carbonyl (C=O) groups is 6. The number of halogens is 2. The van der Waals surface area contributed by atoms with Gasteiger partial charge in [0.25, 0.3) is 5.91 Å².